The quantitative estimate of drug-likeness (QED) is 0.627. The largest absolute Gasteiger partial charge is 0.448 e. The number of aliphatic imine (C=N–C) groups is 1. The van der Waals surface area contributed by atoms with Gasteiger partial charge in [0.15, 0.2) is 0 Å². The van der Waals surface area contributed by atoms with Gasteiger partial charge in [0.25, 0.3) is 0 Å². The molecule has 0 saturated heterocycles. The van der Waals surface area contributed by atoms with Gasteiger partial charge in [-0.05, 0) is 12.1 Å². The van der Waals surface area contributed by atoms with Crippen molar-refractivity contribution in [3.05, 3.63) is 41.9 Å². The first-order valence-electron chi connectivity index (χ1n) is 3.74. The van der Waals surface area contributed by atoms with E-state index in [1.165, 1.54) is 11.6 Å². The van der Waals surface area contributed by atoms with Crippen LogP contribution in [0.3, 0.4) is 0 Å². The van der Waals surface area contributed by atoms with Gasteiger partial charge in [0.2, 0.25) is 0 Å². The minimum atomic E-state index is -2.48. The van der Waals surface area contributed by atoms with Crippen molar-refractivity contribution in [2.45, 2.75) is 0 Å². The third-order valence-electron chi connectivity index (χ3n) is 1.50. The molecule has 13 heavy (non-hydrogen) atoms. The predicted octanol–water partition coefficient (Wildman–Crippen LogP) is 2.18. The Bertz CT molecular complexity index is 450. The maximum absolute atomic E-state index is 11.7. The van der Waals surface area contributed by atoms with Gasteiger partial charge in [-0.25, -0.2) is 4.36 Å². The monoisotopic (exact) mass is 191 g/mol. The zero-order valence-electron chi connectivity index (χ0n) is 6.75. The summed E-state index contributed by atoms with van der Waals surface area (Å²) < 4.78 is 15.7. The van der Waals surface area contributed by atoms with Crippen LogP contribution in [-0.4, -0.2) is 9.76 Å². The molecule has 1 aliphatic rings. The van der Waals surface area contributed by atoms with Crippen molar-refractivity contribution in [3.8, 4) is 0 Å². The summed E-state index contributed by atoms with van der Waals surface area (Å²) in [7, 11) is -2.48. The third-order valence-corrected chi connectivity index (χ3v) is 2.84. The molecule has 2 rings (SSSR count). The zero-order valence-corrected chi connectivity index (χ0v) is 7.57. The third kappa shape index (κ3) is 1.84. The fraction of sp³-hybridized carbons (Fsp3) is 0. The molecule has 0 amide bonds. The molecule has 1 aliphatic heterocycles. The van der Waals surface area contributed by atoms with Crippen molar-refractivity contribution in [1.29, 1.82) is 0 Å². The summed E-state index contributed by atoms with van der Waals surface area (Å²) in [5.41, 5.74) is 3.14. The molecule has 0 bridgehead atoms. The Morgan fingerprint density at radius 2 is 2.08 bits per heavy atom. The molecule has 1 unspecified atom stereocenters. The fourth-order valence-corrected chi connectivity index (χ4v) is 1.98. The van der Waals surface area contributed by atoms with Crippen LogP contribution in [0, 0.1) is 0 Å². The van der Waals surface area contributed by atoms with E-state index in [1.54, 1.807) is 12.1 Å². The van der Waals surface area contributed by atoms with Crippen molar-refractivity contribution in [1.82, 2.24) is 0 Å². The summed E-state index contributed by atoms with van der Waals surface area (Å²) in [4.78, 5) is 3.63. The van der Waals surface area contributed by atoms with E-state index in [1.807, 2.05) is 18.2 Å². The highest BCUT2D eigenvalue weighted by molar-refractivity contribution is 8.09. The van der Waals surface area contributed by atoms with Crippen LogP contribution in [0.1, 0.15) is 0 Å². The minimum Gasteiger partial charge on any atom is -0.448 e. The molecule has 4 heteroatoms. The highest BCUT2D eigenvalue weighted by Gasteiger charge is 1.95. The molecule has 0 radical (unpaired) electrons. The van der Waals surface area contributed by atoms with E-state index in [-0.39, 0.29) is 0 Å². The number of hydrogen-bond donors (Lipinski definition) is 0. The van der Waals surface area contributed by atoms with E-state index in [9.17, 15) is 4.21 Å². The summed E-state index contributed by atoms with van der Waals surface area (Å²) in [6.07, 6.45) is 1.45. The summed E-state index contributed by atoms with van der Waals surface area (Å²) >= 11 is 0. The van der Waals surface area contributed by atoms with Crippen molar-refractivity contribution in [2.24, 2.45) is 9.36 Å². The molecular weight excluding hydrogens is 184 g/mol. The Morgan fingerprint density at radius 1 is 1.31 bits per heavy atom. The van der Waals surface area contributed by atoms with Crippen molar-refractivity contribution >= 4 is 21.0 Å². The lowest BCUT2D eigenvalue weighted by Gasteiger charge is -1.99. The molecule has 3 nitrogen and oxygen atoms in total. The Balaban J connectivity index is 2.48. The van der Waals surface area contributed by atoms with Crippen molar-refractivity contribution < 1.29 is 4.21 Å². The number of benzene rings is 1. The van der Waals surface area contributed by atoms with E-state index in [0.717, 1.165) is 0 Å². The topological polar surface area (TPSA) is 41.8 Å². The van der Waals surface area contributed by atoms with Crippen LogP contribution in [0.25, 0.3) is 0 Å². The normalized spacial score (nSPS) is 24.9. The minimum absolute atomic E-state index is 0.682. The standard InChI is InChI=1S/C9H7N2OS/c12-13(7-6-10-8-13)11-9-4-2-1-3-5-9/h1-7H/q-1. The molecular formula is C9H7N2OS-. The smallest absolute Gasteiger partial charge is 0.0720 e. The van der Waals surface area contributed by atoms with Crippen LogP contribution in [0.5, 0.6) is 0 Å². The second-order valence-electron chi connectivity index (χ2n) is 2.50. The molecule has 0 N–H and O–H groups in total. The molecule has 0 aliphatic carbocycles. The first-order chi connectivity index (χ1) is 6.29. The van der Waals surface area contributed by atoms with Gasteiger partial charge in [-0.1, -0.05) is 29.2 Å². The average molecular weight is 191 g/mol. The van der Waals surface area contributed by atoms with Gasteiger partial charge < -0.3 is 4.99 Å². The Kier molecular flexibility index (Phi) is 1.98. The van der Waals surface area contributed by atoms with Crippen LogP contribution in [0.4, 0.5) is 5.69 Å². The summed E-state index contributed by atoms with van der Waals surface area (Å²) in [5, 5.41) is 1.46. The Morgan fingerprint density at radius 3 is 2.69 bits per heavy atom. The second-order valence-corrected chi connectivity index (χ2v) is 4.28. The lowest BCUT2D eigenvalue weighted by Crippen LogP contribution is -1.89. The highest BCUT2D eigenvalue weighted by Crippen LogP contribution is 2.15. The SMILES string of the molecule is O=S1(=Nc2ccccc2)[C-]=NC=C1. The average Bonchev–Trinajstić information content (AvgIpc) is 2.54. The number of nitrogens with zero attached hydrogens (tertiary/aromatic N) is 2. The van der Waals surface area contributed by atoms with Gasteiger partial charge in [-0.2, -0.15) is 0 Å². The second kappa shape index (κ2) is 3.14. The van der Waals surface area contributed by atoms with Crippen LogP contribution < -0.4 is 0 Å². The number of rotatable bonds is 1. The van der Waals surface area contributed by atoms with Gasteiger partial charge in [0.1, 0.15) is 0 Å². The molecule has 0 spiro atoms. The molecule has 1 aromatic carbocycles. The van der Waals surface area contributed by atoms with Gasteiger partial charge in [0, 0.05) is 9.73 Å². The zero-order chi connectivity index (χ0) is 9.15. The highest BCUT2D eigenvalue weighted by atomic mass is 32.2. The van der Waals surface area contributed by atoms with Crippen LogP contribution in [-0.2, 0) is 9.73 Å². The molecule has 0 saturated carbocycles. The van der Waals surface area contributed by atoms with E-state index in [2.05, 4.69) is 14.9 Å². The summed E-state index contributed by atoms with van der Waals surface area (Å²) in [6.45, 7) is 0. The lowest BCUT2D eigenvalue weighted by atomic mass is 10.3. The van der Waals surface area contributed by atoms with Crippen molar-refractivity contribution in [2.75, 3.05) is 0 Å². The van der Waals surface area contributed by atoms with Crippen LogP contribution in [0.2, 0.25) is 0 Å². The molecule has 1 heterocycles. The molecule has 0 fully saturated rings. The van der Waals surface area contributed by atoms with Gasteiger partial charge in [0.05, 0.1) is 5.69 Å². The van der Waals surface area contributed by atoms with Crippen LogP contribution in [0.15, 0.2) is 51.3 Å². The summed E-state index contributed by atoms with van der Waals surface area (Å²) in [6, 6.07) is 9.16. The molecule has 0 aromatic heterocycles. The summed E-state index contributed by atoms with van der Waals surface area (Å²) in [5.74, 6) is 0. The van der Waals surface area contributed by atoms with Crippen molar-refractivity contribution in [3.63, 3.8) is 0 Å². The molecule has 66 valence electrons. The fourth-order valence-electron chi connectivity index (χ4n) is 0.946. The first kappa shape index (κ1) is 8.19. The Labute approximate surface area is 77.0 Å². The van der Waals surface area contributed by atoms with Gasteiger partial charge in [-0.15, -0.1) is 6.20 Å². The first-order valence-corrected chi connectivity index (χ1v) is 5.32. The van der Waals surface area contributed by atoms with E-state index < -0.39 is 9.73 Å². The van der Waals surface area contributed by atoms with E-state index in [4.69, 9.17) is 0 Å². The van der Waals surface area contributed by atoms with Gasteiger partial charge in [-0.3, -0.25) is 4.21 Å². The maximum Gasteiger partial charge on any atom is 0.0720 e. The predicted molar refractivity (Wildman–Crippen MR) is 53.2 cm³/mol. The molecule has 1 aromatic rings. The van der Waals surface area contributed by atoms with Gasteiger partial charge >= 0.3 is 0 Å². The maximum atomic E-state index is 11.7. The van der Waals surface area contributed by atoms with E-state index >= 15 is 0 Å². The lowest BCUT2D eigenvalue weighted by molar-refractivity contribution is 0.690. The molecule has 1 atom stereocenters. The van der Waals surface area contributed by atoms with E-state index in [0.29, 0.717) is 5.69 Å². The van der Waals surface area contributed by atoms with Crippen LogP contribution >= 0.6 is 0 Å². The number of hydrogen-bond acceptors (Lipinski definition) is 3. The Hall–Kier alpha value is -1.42.